The number of carboxylic acid groups (broad SMARTS) is 1. The first-order valence-corrected chi connectivity index (χ1v) is 6.42. The van der Waals surface area contributed by atoms with Gasteiger partial charge in [-0.05, 0) is 43.4 Å². The number of hydrogen-bond donors (Lipinski definition) is 1. The van der Waals surface area contributed by atoms with Crippen LogP contribution in [0.1, 0.15) is 64.2 Å². The van der Waals surface area contributed by atoms with E-state index in [1.807, 2.05) is 0 Å². The molecule has 2 fully saturated rings. The van der Waals surface area contributed by atoms with Crippen molar-refractivity contribution in [3.8, 4) is 0 Å². The number of carboxylic acids is 1. The van der Waals surface area contributed by atoms with Crippen LogP contribution in [0.15, 0.2) is 0 Å². The summed E-state index contributed by atoms with van der Waals surface area (Å²) in [6.45, 7) is 0. The molecule has 2 aliphatic rings. The Hall–Kier alpha value is -0.530. The van der Waals surface area contributed by atoms with Gasteiger partial charge in [-0.15, -0.1) is 0 Å². The Morgan fingerprint density at radius 2 is 1.80 bits per heavy atom. The van der Waals surface area contributed by atoms with Crippen molar-refractivity contribution < 1.29 is 9.90 Å². The predicted molar refractivity (Wildman–Crippen MR) is 59.7 cm³/mol. The second-order valence-electron chi connectivity index (χ2n) is 5.62. The number of carbonyl (C=O) groups is 1. The van der Waals surface area contributed by atoms with E-state index in [-0.39, 0.29) is 0 Å². The van der Waals surface area contributed by atoms with Crippen LogP contribution < -0.4 is 0 Å². The van der Waals surface area contributed by atoms with Crippen molar-refractivity contribution >= 4 is 5.97 Å². The summed E-state index contributed by atoms with van der Waals surface area (Å²) < 4.78 is 0. The quantitative estimate of drug-likeness (QED) is 0.756. The van der Waals surface area contributed by atoms with Crippen LogP contribution >= 0.6 is 0 Å². The molecular formula is C13H22O2. The first-order chi connectivity index (χ1) is 7.20. The Kier molecular flexibility index (Phi) is 3.32. The fourth-order valence-corrected chi connectivity index (χ4v) is 3.68. The van der Waals surface area contributed by atoms with E-state index in [0.29, 0.717) is 17.8 Å². The number of aliphatic carboxylic acids is 1. The molecule has 2 rings (SSSR count). The third-order valence-corrected chi connectivity index (χ3v) is 4.43. The second-order valence-corrected chi connectivity index (χ2v) is 5.62. The van der Waals surface area contributed by atoms with Crippen molar-refractivity contribution in [2.75, 3.05) is 0 Å². The van der Waals surface area contributed by atoms with Gasteiger partial charge < -0.3 is 5.11 Å². The minimum absolute atomic E-state index is 0.405. The topological polar surface area (TPSA) is 37.3 Å². The van der Waals surface area contributed by atoms with Gasteiger partial charge in [0, 0.05) is 6.42 Å². The fraction of sp³-hybridized carbons (Fsp3) is 0.923. The van der Waals surface area contributed by atoms with Crippen LogP contribution in [0.5, 0.6) is 0 Å². The number of rotatable bonds is 2. The van der Waals surface area contributed by atoms with Gasteiger partial charge in [0.25, 0.3) is 0 Å². The highest BCUT2D eigenvalue weighted by Crippen LogP contribution is 2.51. The summed E-state index contributed by atoms with van der Waals surface area (Å²) in [5, 5.41) is 8.82. The molecule has 0 amide bonds. The summed E-state index contributed by atoms with van der Waals surface area (Å²) in [6, 6.07) is 0. The predicted octanol–water partition coefficient (Wildman–Crippen LogP) is 3.60. The van der Waals surface area contributed by atoms with Gasteiger partial charge in [0.05, 0.1) is 0 Å². The van der Waals surface area contributed by atoms with Crippen molar-refractivity contribution in [2.24, 2.45) is 11.3 Å². The minimum atomic E-state index is -0.606. The Bertz CT molecular complexity index is 227. The lowest BCUT2D eigenvalue weighted by atomic mass is 9.78. The van der Waals surface area contributed by atoms with Gasteiger partial charge in [0.15, 0.2) is 0 Å². The molecule has 0 saturated heterocycles. The molecule has 86 valence electrons. The van der Waals surface area contributed by atoms with Crippen LogP contribution in [-0.2, 0) is 4.79 Å². The third kappa shape index (κ3) is 2.73. The zero-order chi connectivity index (χ0) is 10.7. The lowest BCUT2D eigenvalue weighted by molar-refractivity contribution is -0.138. The van der Waals surface area contributed by atoms with E-state index >= 15 is 0 Å². The van der Waals surface area contributed by atoms with E-state index in [4.69, 9.17) is 5.11 Å². The highest BCUT2D eigenvalue weighted by Gasteiger charge is 2.39. The average molecular weight is 210 g/mol. The zero-order valence-corrected chi connectivity index (χ0v) is 9.50. The molecule has 2 saturated carbocycles. The van der Waals surface area contributed by atoms with Crippen molar-refractivity contribution in [3.63, 3.8) is 0 Å². The van der Waals surface area contributed by atoms with Gasteiger partial charge in [-0.1, -0.05) is 25.7 Å². The van der Waals surface area contributed by atoms with Crippen LogP contribution in [0.3, 0.4) is 0 Å². The summed E-state index contributed by atoms with van der Waals surface area (Å²) in [5.74, 6) is -0.133. The van der Waals surface area contributed by atoms with Crippen LogP contribution in [0.25, 0.3) is 0 Å². The molecule has 0 radical (unpaired) electrons. The van der Waals surface area contributed by atoms with E-state index in [0.717, 1.165) is 6.42 Å². The first-order valence-electron chi connectivity index (χ1n) is 6.42. The molecule has 0 aromatic rings. The highest BCUT2D eigenvalue weighted by atomic mass is 16.4. The molecule has 1 atom stereocenters. The molecule has 1 N–H and O–H groups in total. The molecule has 2 nitrogen and oxygen atoms in total. The van der Waals surface area contributed by atoms with Gasteiger partial charge in [-0.3, -0.25) is 4.79 Å². The Morgan fingerprint density at radius 1 is 1.13 bits per heavy atom. The van der Waals surface area contributed by atoms with E-state index in [9.17, 15) is 4.79 Å². The maximum Gasteiger partial charge on any atom is 0.303 e. The van der Waals surface area contributed by atoms with Gasteiger partial charge in [0.2, 0.25) is 0 Å². The van der Waals surface area contributed by atoms with Crippen LogP contribution in [0.4, 0.5) is 0 Å². The zero-order valence-electron chi connectivity index (χ0n) is 9.50. The monoisotopic (exact) mass is 210 g/mol. The van der Waals surface area contributed by atoms with Gasteiger partial charge in [-0.25, -0.2) is 0 Å². The van der Waals surface area contributed by atoms with Crippen molar-refractivity contribution in [1.29, 1.82) is 0 Å². The van der Waals surface area contributed by atoms with Crippen molar-refractivity contribution in [3.05, 3.63) is 0 Å². The van der Waals surface area contributed by atoms with Crippen LogP contribution in [-0.4, -0.2) is 11.1 Å². The second kappa shape index (κ2) is 4.54. The highest BCUT2D eigenvalue weighted by molar-refractivity contribution is 5.67. The average Bonchev–Trinajstić information content (AvgIpc) is 2.42. The molecule has 0 aromatic carbocycles. The Morgan fingerprint density at radius 3 is 2.40 bits per heavy atom. The smallest absolute Gasteiger partial charge is 0.303 e. The molecule has 15 heavy (non-hydrogen) atoms. The maximum absolute atomic E-state index is 10.7. The molecular weight excluding hydrogens is 188 g/mol. The van der Waals surface area contributed by atoms with Gasteiger partial charge >= 0.3 is 5.97 Å². The summed E-state index contributed by atoms with van der Waals surface area (Å²) >= 11 is 0. The third-order valence-electron chi connectivity index (χ3n) is 4.43. The molecule has 1 spiro atoms. The largest absolute Gasteiger partial charge is 0.481 e. The molecule has 2 heteroatoms. The lowest BCUT2D eigenvalue weighted by Gasteiger charge is -2.27. The van der Waals surface area contributed by atoms with Crippen molar-refractivity contribution in [2.45, 2.75) is 64.2 Å². The molecule has 0 heterocycles. The normalized spacial score (nSPS) is 30.3. The SMILES string of the molecule is O=C(O)C[C@@H]1CCC2(CCCCCC2)C1. The first kappa shape index (κ1) is 11.0. The Balaban J connectivity index is 1.91. The van der Waals surface area contributed by atoms with Crippen molar-refractivity contribution in [1.82, 2.24) is 0 Å². The number of hydrogen-bond acceptors (Lipinski definition) is 1. The van der Waals surface area contributed by atoms with E-state index in [1.54, 1.807) is 0 Å². The van der Waals surface area contributed by atoms with E-state index < -0.39 is 5.97 Å². The van der Waals surface area contributed by atoms with Gasteiger partial charge in [0.1, 0.15) is 0 Å². The van der Waals surface area contributed by atoms with E-state index in [2.05, 4.69) is 0 Å². The summed E-state index contributed by atoms with van der Waals surface area (Å²) in [5.41, 5.74) is 0.552. The summed E-state index contributed by atoms with van der Waals surface area (Å²) in [4.78, 5) is 10.7. The molecule has 2 aliphatic carbocycles. The molecule has 0 unspecified atom stereocenters. The fourth-order valence-electron chi connectivity index (χ4n) is 3.68. The Labute approximate surface area is 92.1 Å². The lowest BCUT2D eigenvalue weighted by Crippen LogP contribution is -2.16. The van der Waals surface area contributed by atoms with E-state index in [1.165, 1.54) is 51.4 Å². The van der Waals surface area contributed by atoms with Crippen LogP contribution in [0, 0.1) is 11.3 Å². The molecule has 0 bridgehead atoms. The molecule has 0 aromatic heterocycles. The van der Waals surface area contributed by atoms with Gasteiger partial charge in [-0.2, -0.15) is 0 Å². The summed E-state index contributed by atoms with van der Waals surface area (Å²) in [6.07, 6.45) is 12.3. The standard InChI is InChI=1S/C13H22O2/c14-12(15)9-11-5-8-13(10-11)6-3-1-2-4-7-13/h11H,1-10H2,(H,14,15)/t11-/m0/s1. The maximum atomic E-state index is 10.7. The van der Waals surface area contributed by atoms with Crippen LogP contribution in [0.2, 0.25) is 0 Å². The molecule has 0 aliphatic heterocycles. The summed E-state index contributed by atoms with van der Waals surface area (Å²) in [7, 11) is 0. The minimum Gasteiger partial charge on any atom is -0.481 e.